The molecule has 0 N–H and O–H groups in total. The molecular weight excluding hydrogens is 546 g/mol. The third-order valence-corrected chi connectivity index (χ3v) is 8.62. The Kier molecular flexibility index (Phi) is 37.1. The second-order valence-corrected chi connectivity index (χ2v) is 16.2. The van der Waals surface area contributed by atoms with E-state index in [1.165, 1.54) is 172 Å². The zero-order chi connectivity index (χ0) is 34.7. The smallest absolute Gasteiger partial charge is 0.0782 e. The van der Waals surface area contributed by atoms with Gasteiger partial charge in [-0.3, -0.25) is 0 Å². The molecule has 3 nitrogen and oxygen atoms in total. The summed E-state index contributed by atoms with van der Waals surface area (Å²) in [5.74, 6) is 0. The molecule has 0 aliphatic rings. The summed E-state index contributed by atoms with van der Waals surface area (Å²) in [6, 6.07) is 0. The molecule has 0 amide bonds. The first kappa shape index (κ1) is 48.5. The second kappa shape index (κ2) is 34.4. The van der Waals surface area contributed by atoms with Gasteiger partial charge in [-0.05, 0) is 90.4 Å². The fourth-order valence-corrected chi connectivity index (χ4v) is 5.12. The van der Waals surface area contributed by atoms with E-state index in [4.69, 9.17) is 0 Å². The minimum absolute atomic E-state index is 1.11. The van der Waals surface area contributed by atoms with Crippen LogP contribution in [-0.2, 0) is 0 Å². The molecule has 0 saturated heterocycles. The van der Waals surface area contributed by atoms with Gasteiger partial charge in [0.25, 0.3) is 0 Å². The molecule has 0 bridgehead atoms. The Labute approximate surface area is 288 Å². The minimum Gasteiger partial charge on any atom is -0.331 e. The highest BCUT2D eigenvalue weighted by molar-refractivity contribution is 4.79. The van der Waals surface area contributed by atoms with Crippen LogP contribution in [0, 0.1) is 0 Å². The zero-order valence-electron chi connectivity index (χ0n) is 33.5. The maximum Gasteiger partial charge on any atom is 0.0782 e. The van der Waals surface area contributed by atoms with E-state index < -0.39 is 0 Å². The molecule has 0 aliphatic carbocycles. The van der Waals surface area contributed by atoms with Crippen LogP contribution >= 0.6 is 0 Å². The van der Waals surface area contributed by atoms with E-state index in [1.54, 1.807) is 0 Å². The van der Waals surface area contributed by atoms with Crippen LogP contribution in [0.3, 0.4) is 0 Å². The fraction of sp³-hybridized carbons (Fsp3) is 0.857. The van der Waals surface area contributed by atoms with Crippen LogP contribution < -0.4 is 0 Å². The summed E-state index contributed by atoms with van der Waals surface area (Å²) in [4.78, 5) is 0. The molecule has 0 fully saturated rings. The molecule has 45 heavy (non-hydrogen) atoms. The molecule has 0 rings (SSSR count). The van der Waals surface area contributed by atoms with Gasteiger partial charge < -0.3 is 13.4 Å². The van der Waals surface area contributed by atoms with Crippen molar-refractivity contribution in [2.45, 2.75) is 155 Å². The number of unbranched alkanes of at least 4 members (excludes halogenated alkanes) is 18. The van der Waals surface area contributed by atoms with E-state index in [0.717, 1.165) is 8.97 Å². The van der Waals surface area contributed by atoms with Crippen LogP contribution in [0.5, 0.6) is 0 Å². The Hall–Kier alpha value is -0.900. The van der Waals surface area contributed by atoms with Crippen molar-refractivity contribution in [1.82, 2.24) is 0 Å². The van der Waals surface area contributed by atoms with Gasteiger partial charge in [-0.1, -0.05) is 89.0 Å². The molecular formula is C42H90N3+3. The van der Waals surface area contributed by atoms with Gasteiger partial charge in [0, 0.05) is 0 Å². The first-order chi connectivity index (χ1) is 21.2. The number of quaternary nitrogens is 3. The van der Waals surface area contributed by atoms with Gasteiger partial charge in [-0.25, -0.2) is 0 Å². The van der Waals surface area contributed by atoms with Crippen LogP contribution in [0.15, 0.2) is 37.5 Å². The third-order valence-electron chi connectivity index (χ3n) is 8.62. The number of allylic oxidation sites excluding steroid dienone is 4. The van der Waals surface area contributed by atoms with Gasteiger partial charge in [0.2, 0.25) is 0 Å². The minimum atomic E-state index is 1.11. The molecule has 0 radical (unpaired) electrons. The number of hydrogen-bond donors (Lipinski definition) is 0. The average Bonchev–Trinajstić information content (AvgIpc) is 2.96. The van der Waals surface area contributed by atoms with Gasteiger partial charge in [-0.15, -0.1) is 13.2 Å². The zero-order valence-corrected chi connectivity index (χ0v) is 33.5. The lowest BCUT2D eigenvalue weighted by Gasteiger charge is -2.28. The maximum atomic E-state index is 3.74. The summed E-state index contributed by atoms with van der Waals surface area (Å²) in [5.41, 5.74) is 0. The highest BCUT2D eigenvalue weighted by Crippen LogP contribution is 2.11. The van der Waals surface area contributed by atoms with Gasteiger partial charge >= 0.3 is 0 Å². The lowest BCUT2D eigenvalue weighted by Crippen LogP contribution is -2.39. The van der Waals surface area contributed by atoms with E-state index >= 15 is 0 Å². The van der Waals surface area contributed by atoms with Crippen LogP contribution in [-0.4, -0.2) is 96.0 Å². The van der Waals surface area contributed by atoms with Crippen molar-refractivity contribution in [2.24, 2.45) is 0 Å². The van der Waals surface area contributed by atoms with Gasteiger partial charge in [-0.2, -0.15) is 0 Å². The normalized spacial score (nSPS) is 12.0. The van der Waals surface area contributed by atoms with Crippen molar-refractivity contribution in [3.8, 4) is 0 Å². The highest BCUT2D eigenvalue weighted by atomic mass is 15.3. The van der Waals surface area contributed by atoms with Crippen LogP contribution in [0.1, 0.15) is 155 Å². The average molecular weight is 637 g/mol. The molecule has 0 spiro atoms. The van der Waals surface area contributed by atoms with E-state index in [9.17, 15) is 0 Å². The SMILES string of the molecule is C=CCCCCCCCC[N+](C)(C)C.C=CCCCCCCCC[N+](C)(C)CC.CC/C=C/CCCCCCCC[N+](C)(C)C. The summed E-state index contributed by atoms with van der Waals surface area (Å²) >= 11 is 0. The van der Waals surface area contributed by atoms with Crippen molar-refractivity contribution in [3.63, 3.8) is 0 Å². The quantitative estimate of drug-likeness (QED) is 0.0435. The molecule has 0 aliphatic heterocycles. The highest BCUT2D eigenvalue weighted by Gasteiger charge is 2.10. The Morgan fingerprint density at radius 2 is 0.689 bits per heavy atom. The summed E-state index contributed by atoms with van der Waals surface area (Å²) in [6.07, 6.45) is 38.7. The molecule has 0 aromatic rings. The fourth-order valence-electron chi connectivity index (χ4n) is 5.12. The summed E-state index contributed by atoms with van der Waals surface area (Å²) < 4.78 is 3.40. The second-order valence-electron chi connectivity index (χ2n) is 16.2. The predicted octanol–water partition coefficient (Wildman–Crippen LogP) is 12.0. The molecule has 270 valence electrons. The molecule has 3 heteroatoms. The van der Waals surface area contributed by atoms with E-state index in [-0.39, 0.29) is 0 Å². The Balaban J connectivity index is -0.000000589. The molecule has 0 aromatic heterocycles. The van der Waals surface area contributed by atoms with Crippen LogP contribution in [0.25, 0.3) is 0 Å². The Morgan fingerprint density at radius 3 is 1.00 bits per heavy atom. The van der Waals surface area contributed by atoms with Crippen molar-refractivity contribution in [3.05, 3.63) is 37.5 Å². The number of rotatable bonds is 29. The molecule has 0 heterocycles. The number of hydrogen-bond acceptors (Lipinski definition) is 0. The first-order valence-corrected chi connectivity index (χ1v) is 19.5. The van der Waals surface area contributed by atoms with E-state index in [2.05, 4.69) is 95.5 Å². The molecule has 0 unspecified atom stereocenters. The maximum absolute atomic E-state index is 3.74. The largest absolute Gasteiger partial charge is 0.331 e. The molecule has 0 aromatic carbocycles. The Morgan fingerprint density at radius 1 is 0.378 bits per heavy atom. The summed E-state index contributed by atoms with van der Waals surface area (Å²) in [7, 11) is 18.3. The standard InChI is InChI=1S/C15H32N.C14H30N.C13H28N/c1-5-6-7-8-9-10-11-12-13-14-15-16(2,3)4;1-5-7-8-9-10-11-12-13-14-15(3,4)6-2;1-5-6-7-8-9-10-11-12-13-14(2,3)4/h6-7H,5,8-15H2,1-4H3;5H,1,6-14H2,2-4H3;5H,1,6-13H2,2-4H3/q3*+1/b7-6+;;. The van der Waals surface area contributed by atoms with Gasteiger partial charge in [0.1, 0.15) is 0 Å². The van der Waals surface area contributed by atoms with Crippen molar-refractivity contribution < 1.29 is 13.4 Å². The van der Waals surface area contributed by atoms with Crippen molar-refractivity contribution in [2.75, 3.05) is 82.6 Å². The lowest BCUT2D eigenvalue weighted by molar-refractivity contribution is -0.888. The molecule has 0 saturated carbocycles. The van der Waals surface area contributed by atoms with Gasteiger partial charge in [0.05, 0.1) is 82.6 Å². The first-order valence-electron chi connectivity index (χ1n) is 19.5. The van der Waals surface area contributed by atoms with E-state index in [0.29, 0.717) is 0 Å². The van der Waals surface area contributed by atoms with Crippen molar-refractivity contribution >= 4 is 0 Å². The van der Waals surface area contributed by atoms with Crippen molar-refractivity contribution in [1.29, 1.82) is 0 Å². The third kappa shape index (κ3) is 52.9. The van der Waals surface area contributed by atoms with Crippen LogP contribution in [0.4, 0.5) is 0 Å². The summed E-state index contributed by atoms with van der Waals surface area (Å²) in [5, 5.41) is 0. The Bertz CT molecular complexity index is 621. The lowest BCUT2D eigenvalue weighted by atomic mass is 10.1. The monoisotopic (exact) mass is 637 g/mol. The topological polar surface area (TPSA) is 0 Å². The molecule has 0 atom stereocenters. The van der Waals surface area contributed by atoms with Crippen LogP contribution in [0.2, 0.25) is 0 Å². The van der Waals surface area contributed by atoms with Gasteiger partial charge in [0.15, 0.2) is 0 Å². The summed E-state index contributed by atoms with van der Waals surface area (Å²) in [6.45, 7) is 17.2. The van der Waals surface area contributed by atoms with E-state index in [1.807, 2.05) is 12.2 Å². The number of nitrogens with zero attached hydrogens (tertiary/aromatic N) is 3. The predicted molar refractivity (Wildman–Crippen MR) is 210 cm³/mol.